The molecule has 0 fully saturated rings. The zero-order chi connectivity index (χ0) is 18.2. The van der Waals surface area contributed by atoms with Crippen LogP contribution in [0.2, 0.25) is 0 Å². The van der Waals surface area contributed by atoms with E-state index in [0.29, 0.717) is 28.3 Å². The van der Waals surface area contributed by atoms with Gasteiger partial charge in [-0.1, -0.05) is 11.8 Å². The van der Waals surface area contributed by atoms with Gasteiger partial charge in [0.05, 0.1) is 16.7 Å². The maximum absolute atomic E-state index is 11.4. The molecule has 1 aliphatic heterocycles. The number of furan rings is 1. The number of fused-ring (bicyclic) bond motifs is 1. The number of rotatable bonds is 5. The number of benzene rings is 1. The maximum atomic E-state index is 11.4. The smallest absolute Gasteiger partial charge is 0.323 e. The first-order valence-electron chi connectivity index (χ1n) is 8.20. The van der Waals surface area contributed by atoms with Gasteiger partial charge in [0.25, 0.3) is 0 Å². The van der Waals surface area contributed by atoms with Crippen molar-refractivity contribution in [3.8, 4) is 22.9 Å². The van der Waals surface area contributed by atoms with E-state index < -0.39 is 0 Å². The van der Waals surface area contributed by atoms with Gasteiger partial charge in [0.2, 0.25) is 5.16 Å². The Labute approximate surface area is 156 Å². The molecule has 27 heavy (non-hydrogen) atoms. The van der Waals surface area contributed by atoms with Gasteiger partial charge in [-0.2, -0.15) is 15.2 Å². The second-order valence-corrected chi connectivity index (χ2v) is 6.87. The zero-order valence-corrected chi connectivity index (χ0v) is 14.7. The van der Waals surface area contributed by atoms with Crippen LogP contribution in [0.25, 0.3) is 33.9 Å². The normalized spacial score (nSPS) is 13.6. The molecule has 3 N–H and O–H groups in total. The van der Waals surface area contributed by atoms with Crippen LogP contribution in [0, 0.1) is 0 Å². The van der Waals surface area contributed by atoms with Gasteiger partial charge in [-0.3, -0.25) is 5.10 Å². The molecule has 4 aromatic rings. The van der Waals surface area contributed by atoms with Crippen LogP contribution in [-0.4, -0.2) is 42.8 Å². The van der Waals surface area contributed by atoms with Crippen LogP contribution < -0.4 is 5.69 Å². The second-order valence-electron chi connectivity index (χ2n) is 5.93. The number of hydrogen-bond acceptors (Lipinski definition) is 7. The molecular formula is C17H13N7O2S. The van der Waals surface area contributed by atoms with E-state index in [1.165, 1.54) is 11.8 Å². The van der Waals surface area contributed by atoms with Gasteiger partial charge in [-0.25, -0.2) is 4.79 Å². The van der Waals surface area contributed by atoms with Crippen LogP contribution in [-0.2, 0) is 0 Å². The Kier molecular flexibility index (Phi) is 3.75. The highest BCUT2D eigenvalue weighted by atomic mass is 32.2. The molecule has 0 radical (unpaired) electrons. The summed E-state index contributed by atoms with van der Waals surface area (Å²) in [6, 6.07) is 9.29. The van der Waals surface area contributed by atoms with Crippen LogP contribution in [0.1, 0.15) is 6.42 Å². The summed E-state index contributed by atoms with van der Waals surface area (Å²) in [6.45, 7) is 0. The average molecular weight is 379 g/mol. The van der Waals surface area contributed by atoms with Crippen molar-refractivity contribution < 1.29 is 4.42 Å². The van der Waals surface area contributed by atoms with Crippen molar-refractivity contribution in [1.82, 2.24) is 25.1 Å². The molecule has 10 heteroatoms. The van der Waals surface area contributed by atoms with Gasteiger partial charge in [0.15, 0.2) is 11.6 Å². The van der Waals surface area contributed by atoms with Crippen LogP contribution in [0.15, 0.2) is 54.9 Å². The molecule has 5 rings (SSSR count). The molecular weight excluding hydrogens is 366 g/mol. The minimum Gasteiger partial charge on any atom is -0.453 e. The molecule has 0 saturated heterocycles. The molecule has 134 valence electrons. The SMILES string of the molecule is O=c1[nH]c2ccc(-c3ccc(-c4nc(SCC5=NN=CC5)n[nH]4)o3)cc2[nH]1. The summed E-state index contributed by atoms with van der Waals surface area (Å²) in [5, 5.41) is 15.6. The molecule has 0 spiro atoms. The Hall–Kier alpha value is -3.40. The minimum atomic E-state index is -0.232. The Bertz CT molecular complexity index is 1240. The number of aromatic nitrogens is 5. The van der Waals surface area contributed by atoms with E-state index in [1.54, 1.807) is 6.21 Å². The van der Waals surface area contributed by atoms with Crippen molar-refractivity contribution in [2.24, 2.45) is 10.2 Å². The number of H-pyrrole nitrogens is 3. The van der Waals surface area contributed by atoms with Crippen molar-refractivity contribution in [3.63, 3.8) is 0 Å². The summed E-state index contributed by atoms with van der Waals surface area (Å²) in [4.78, 5) is 21.3. The number of nitrogens with zero attached hydrogens (tertiary/aromatic N) is 4. The van der Waals surface area contributed by atoms with E-state index in [0.717, 1.165) is 28.7 Å². The molecule has 4 heterocycles. The van der Waals surface area contributed by atoms with Gasteiger partial charge < -0.3 is 14.4 Å². The lowest BCUT2D eigenvalue weighted by molar-refractivity contribution is 0.592. The van der Waals surface area contributed by atoms with E-state index in [-0.39, 0.29) is 5.69 Å². The highest BCUT2D eigenvalue weighted by Crippen LogP contribution is 2.29. The van der Waals surface area contributed by atoms with Gasteiger partial charge in [0, 0.05) is 24.0 Å². The van der Waals surface area contributed by atoms with Gasteiger partial charge in [-0.05, 0) is 30.3 Å². The van der Waals surface area contributed by atoms with Crippen molar-refractivity contribution in [2.45, 2.75) is 11.6 Å². The van der Waals surface area contributed by atoms with Crippen LogP contribution >= 0.6 is 11.8 Å². The van der Waals surface area contributed by atoms with Crippen LogP contribution in [0.3, 0.4) is 0 Å². The Morgan fingerprint density at radius 1 is 1.11 bits per heavy atom. The Morgan fingerprint density at radius 3 is 2.89 bits per heavy atom. The summed E-state index contributed by atoms with van der Waals surface area (Å²) >= 11 is 1.50. The fraction of sp³-hybridized carbons (Fsp3) is 0.118. The molecule has 1 aliphatic rings. The molecule has 0 bridgehead atoms. The zero-order valence-electron chi connectivity index (χ0n) is 13.9. The quantitative estimate of drug-likeness (QED) is 0.459. The van der Waals surface area contributed by atoms with E-state index in [4.69, 9.17) is 4.42 Å². The number of aromatic amines is 3. The summed E-state index contributed by atoms with van der Waals surface area (Å²) in [6.07, 6.45) is 2.56. The number of imidazole rings is 1. The average Bonchev–Trinajstić information content (AvgIpc) is 3.44. The lowest BCUT2D eigenvalue weighted by Crippen LogP contribution is -1.99. The monoisotopic (exact) mass is 379 g/mol. The number of thioether (sulfide) groups is 1. The lowest BCUT2D eigenvalue weighted by atomic mass is 10.1. The summed E-state index contributed by atoms with van der Waals surface area (Å²) in [7, 11) is 0. The molecule has 3 aromatic heterocycles. The van der Waals surface area contributed by atoms with E-state index in [1.807, 2.05) is 30.3 Å². The topological polar surface area (TPSA) is 128 Å². The summed E-state index contributed by atoms with van der Waals surface area (Å²) in [5.41, 5.74) is 3.11. The van der Waals surface area contributed by atoms with Crippen molar-refractivity contribution >= 4 is 34.7 Å². The Balaban J connectivity index is 1.35. The van der Waals surface area contributed by atoms with Crippen LogP contribution in [0.5, 0.6) is 0 Å². The first kappa shape index (κ1) is 15.8. The van der Waals surface area contributed by atoms with E-state index in [9.17, 15) is 4.79 Å². The minimum absolute atomic E-state index is 0.232. The number of hydrogen-bond donors (Lipinski definition) is 3. The van der Waals surface area contributed by atoms with E-state index >= 15 is 0 Å². The van der Waals surface area contributed by atoms with Crippen molar-refractivity contribution in [2.75, 3.05) is 5.75 Å². The third kappa shape index (κ3) is 3.10. The molecule has 0 saturated carbocycles. The molecule has 0 atom stereocenters. The third-order valence-corrected chi connectivity index (χ3v) is 5.00. The fourth-order valence-electron chi connectivity index (χ4n) is 2.77. The molecule has 0 aliphatic carbocycles. The van der Waals surface area contributed by atoms with Crippen LogP contribution in [0.4, 0.5) is 0 Å². The lowest BCUT2D eigenvalue weighted by Gasteiger charge is -1.97. The maximum Gasteiger partial charge on any atom is 0.323 e. The predicted molar refractivity (Wildman–Crippen MR) is 103 cm³/mol. The largest absolute Gasteiger partial charge is 0.453 e. The molecule has 0 unspecified atom stereocenters. The summed E-state index contributed by atoms with van der Waals surface area (Å²) < 4.78 is 5.91. The highest BCUT2D eigenvalue weighted by Gasteiger charge is 2.13. The first-order chi connectivity index (χ1) is 13.2. The Morgan fingerprint density at radius 2 is 2.00 bits per heavy atom. The third-order valence-electron chi connectivity index (χ3n) is 4.08. The van der Waals surface area contributed by atoms with Crippen molar-refractivity contribution in [1.29, 1.82) is 0 Å². The molecule has 9 nitrogen and oxygen atoms in total. The van der Waals surface area contributed by atoms with Gasteiger partial charge >= 0.3 is 5.69 Å². The second kappa shape index (κ2) is 6.40. The first-order valence-corrected chi connectivity index (χ1v) is 9.18. The van der Waals surface area contributed by atoms with Gasteiger partial charge in [-0.15, -0.1) is 5.10 Å². The predicted octanol–water partition coefficient (Wildman–Crippen LogP) is 2.82. The standard InChI is InChI=1S/C17H13N7O2S/c25-16-19-11-2-1-9(7-12(11)20-16)13-3-4-14(26-13)15-21-17(24-23-15)27-8-10-5-6-18-22-10/h1-4,6-7H,5,8H2,(H2,19,20,25)(H,21,23,24). The molecule has 0 amide bonds. The number of nitrogens with one attached hydrogen (secondary N) is 3. The van der Waals surface area contributed by atoms with E-state index in [2.05, 4.69) is 35.4 Å². The molecule has 1 aromatic carbocycles. The fourth-order valence-corrected chi connectivity index (χ4v) is 3.51. The van der Waals surface area contributed by atoms with Crippen molar-refractivity contribution in [3.05, 3.63) is 40.8 Å². The van der Waals surface area contributed by atoms with Gasteiger partial charge in [0.1, 0.15) is 5.76 Å². The highest BCUT2D eigenvalue weighted by molar-refractivity contribution is 7.99. The summed E-state index contributed by atoms with van der Waals surface area (Å²) in [5.74, 6) is 2.53.